The summed E-state index contributed by atoms with van der Waals surface area (Å²) in [6, 6.07) is 3.34. The third kappa shape index (κ3) is 2.14. The molecule has 104 valence electrons. The normalized spacial score (nSPS) is 10.3. The van der Waals surface area contributed by atoms with Crippen LogP contribution in [-0.2, 0) is 0 Å². The number of nitrogens with one attached hydrogen (secondary N) is 1. The van der Waals surface area contributed by atoms with Crippen LogP contribution in [0.3, 0.4) is 0 Å². The first-order chi connectivity index (χ1) is 9.49. The van der Waals surface area contributed by atoms with Gasteiger partial charge in [0.05, 0.1) is 5.69 Å². The van der Waals surface area contributed by atoms with Gasteiger partial charge in [-0.15, -0.1) is 5.10 Å². The first kappa shape index (κ1) is 13.7. The Bertz CT molecular complexity index is 679. The number of nitrogens with two attached hydrogens (primary N) is 1. The number of hydrogen-bond donors (Lipinski definition) is 2. The molecule has 0 aliphatic heterocycles. The van der Waals surface area contributed by atoms with E-state index in [2.05, 4.69) is 10.4 Å². The molecule has 20 heavy (non-hydrogen) atoms. The van der Waals surface area contributed by atoms with Crippen molar-refractivity contribution in [2.24, 2.45) is 0 Å². The van der Waals surface area contributed by atoms with Crippen LogP contribution >= 0.6 is 0 Å². The first-order valence-electron chi connectivity index (χ1n) is 5.67. The van der Waals surface area contributed by atoms with Gasteiger partial charge in [0.1, 0.15) is 17.5 Å². The van der Waals surface area contributed by atoms with Crippen molar-refractivity contribution >= 4 is 11.6 Å². The second kappa shape index (κ2) is 5.13. The van der Waals surface area contributed by atoms with Crippen molar-refractivity contribution in [3.63, 3.8) is 0 Å². The number of anilines is 2. The van der Waals surface area contributed by atoms with E-state index >= 15 is 0 Å². The number of nitriles is 1. The van der Waals surface area contributed by atoms with Gasteiger partial charge in [-0.2, -0.15) is 5.26 Å². The highest BCUT2D eigenvalue weighted by atomic mass is 19.2. The largest absolute Gasteiger partial charge is 0.382 e. The van der Waals surface area contributed by atoms with Gasteiger partial charge in [-0.3, -0.25) is 0 Å². The maximum Gasteiger partial charge on any atom is 0.194 e. The number of nitrogen functional groups attached to an aromatic ring is 1. The molecule has 2 rings (SSSR count). The average molecular weight is 281 g/mol. The van der Waals surface area contributed by atoms with Crippen LogP contribution in [0.5, 0.6) is 0 Å². The highest BCUT2D eigenvalue weighted by Crippen LogP contribution is 2.25. The Hall–Kier alpha value is -2.69. The lowest BCUT2D eigenvalue weighted by molar-refractivity contribution is 0.446. The minimum Gasteiger partial charge on any atom is -0.382 e. The topological polar surface area (TPSA) is 79.7 Å². The molecule has 3 N–H and O–H groups in total. The van der Waals surface area contributed by atoms with Crippen molar-refractivity contribution in [3.05, 3.63) is 35.1 Å². The molecule has 0 atom stereocenters. The lowest BCUT2D eigenvalue weighted by Crippen LogP contribution is -2.05. The monoisotopic (exact) mass is 281 g/mol. The van der Waals surface area contributed by atoms with Crippen molar-refractivity contribution in [1.29, 1.82) is 5.26 Å². The van der Waals surface area contributed by atoms with E-state index in [1.165, 1.54) is 0 Å². The van der Waals surface area contributed by atoms with E-state index in [0.29, 0.717) is 6.54 Å². The average Bonchev–Trinajstić information content (AvgIpc) is 2.72. The van der Waals surface area contributed by atoms with Crippen LogP contribution in [0.4, 0.5) is 24.8 Å². The van der Waals surface area contributed by atoms with Crippen LogP contribution in [0.15, 0.2) is 12.1 Å². The predicted octanol–water partition coefficient (Wildman–Crippen LogP) is 2.18. The summed E-state index contributed by atoms with van der Waals surface area (Å²) in [5.41, 5.74) is 5.66. The molecule has 0 saturated heterocycles. The van der Waals surface area contributed by atoms with Gasteiger partial charge in [-0.05, 0) is 6.92 Å². The molecule has 1 aromatic heterocycles. The summed E-state index contributed by atoms with van der Waals surface area (Å²) in [5.74, 6) is -4.20. The Kier molecular flexibility index (Phi) is 3.52. The summed E-state index contributed by atoms with van der Waals surface area (Å²) < 4.78 is 40.3. The van der Waals surface area contributed by atoms with Crippen LogP contribution in [0.1, 0.15) is 12.5 Å². The smallest absolute Gasteiger partial charge is 0.194 e. The van der Waals surface area contributed by atoms with Gasteiger partial charge >= 0.3 is 0 Å². The second-order valence-electron chi connectivity index (χ2n) is 3.89. The molecule has 0 amide bonds. The van der Waals surface area contributed by atoms with Gasteiger partial charge in [0.25, 0.3) is 0 Å². The lowest BCUT2D eigenvalue weighted by Gasteiger charge is -2.05. The molecule has 0 aliphatic carbocycles. The van der Waals surface area contributed by atoms with Gasteiger partial charge in [-0.25, -0.2) is 17.9 Å². The third-order valence-electron chi connectivity index (χ3n) is 2.59. The zero-order valence-corrected chi connectivity index (χ0v) is 10.4. The number of nitrogens with zero attached hydrogens (tertiary/aromatic N) is 3. The quantitative estimate of drug-likeness (QED) is 0.845. The van der Waals surface area contributed by atoms with Crippen LogP contribution in [0, 0.1) is 28.8 Å². The molecule has 0 saturated carbocycles. The molecular formula is C12H10F3N5. The summed E-state index contributed by atoms with van der Waals surface area (Å²) >= 11 is 0. The van der Waals surface area contributed by atoms with E-state index in [1.54, 1.807) is 6.92 Å². The third-order valence-corrected chi connectivity index (χ3v) is 2.59. The van der Waals surface area contributed by atoms with Crippen molar-refractivity contribution in [1.82, 2.24) is 9.78 Å². The summed E-state index contributed by atoms with van der Waals surface area (Å²) in [5, 5.41) is 15.8. The Labute approximate surface area is 112 Å². The molecule has 8 heteroatoms. The molecule has 0 radical (unpaired) electrons. The van der Waals surface area contributed by atoms with Crippen LogP contribution in [0.2, 0.25) is 0 Å². The van der Waals surface area contributed by atoms with E-state index in [0.717, 1.165) is 16.8 Å². The zero-order valence-electron chi connectivity index (χ0n) is 10.4. The minimum absolute atomic E-state index is 0.0528. The fraction of sp³-hybridized carbons (Fsp3) is 0.167. The molecule has 5 nitrogen and oxygen atoms in total. The molecule has 1 aromatic carbocycles. The summed E-state index contributed by atoms with van der Waals surface area (Å²) in [7, 11) is 0. The maximum absolute atomic E-state index is 13.2. The van der Waals surface area contributed by atoms with Gasteiger partial charge in [0.15, 0.2) is 23.3 Å². The fourth-order valence-corrected chi connectivity index (χ4v) is 1.69. The highest BCUT2D eigenvalue weighted by Gasteiger charge is 2.18. The molecule has 2 aromatic rings. The zero-order chi connectivity index (χ0) is 14.9. The highest BCUT2D eigenvalue weighted by molar-refractivity contribution is 5.66. The van der Waals surface area contributed by atoms with Crippen LogP contribution in [-0.4, -0.2) is 16.3 Å². The van der Waals surface area contributed by atoms with Crippen LogP contribution < -0.4 is 11.1 Å². The molecule has 1 heterocycles. The minimum atomic E-state index is -1.58. The van der Waals surface area contributed by atoms with Gasteiger partial charge in [0, 0.05) is 18.7 Å². The molecule has 0 unspecified atom stereocenters. The Morgan fingerprint density at radius 3 is 2.45 bits per heavy atom. The Morgan fingerprint density at radius 2 is 1.95 bits per heavy atom. The number of benzene rings is 1. The van der Waals surface area contributed by atoms with E-state index in [9.17, 15) is 13.2 Å². The van der Waals surface area contributed by atoms with Gasteiger partial charge in [0.2, 0.25) is 0 Å². The SMILES string of the molecule is CCNc1nn(-c2cc(F)c(F)c(F)c2)c(N)c1C#N. The Balaban J connectivity index is 2.62. The number of halogens is 3. The fourth-order valence-electron chi connectivity index (χ4n) is 1.69. The molecule has 0 bridgehead atoms. The summed E-state index contributed by atoms with van der Waals surface area (Å²) in [6.45, 7) is 2.27. The number of rotatable bonds is 3. The first-order valence-corrected chi connectivity index (χ1v) is 5.67. The standard InChI is InChI=1S/C12H10F3N5/c1-2-18-12-7(5-16)11(17)20(19-12)6-3-8(13)10(15)9(14)4-6/h3-4H,2,17H2,1H3,(H,18,19). The second-order valence-corrected chi connectivity index (χ2v) is 3.89. The van der Waals surface area contributed by atoms with E-state index in [4.69, 9.17) is 11.0 Å². The van der Waals surface area contributed by atoms with Crippen molar-refractivity contribution < 1.29 is 13.2 Å². The summed E-state index contributed by atoms with van der Waals surface area (Å²) in [6.07, 6.45) is 0. The Morgan fingerprint density at radius 1 is 1.35 bits per heavy atom. The molecular weight excluding hydrogens is 271 g/mol. The van der Waals surface area contributed by atoms with Gasteiger partial charge < -0.3 is 11.1 Å². The van der Waals surface area contributed by atoms with Crippen LogP contribution in [0.25, 0.3) is 5.69 Å². The molecule has 0 fully saturated rings. The summed E-state index contributed by atoms with van der Waals surface area (Å²) in [4.78, 5) is 0. The molecule has 0 aliphatic rings. The maximum atomic E-state index is 13.2. The van der Waals surface area contributed by atoms with Crippen molar-refractivity contribution in [2.45, 2.75) is 6.92 Å². The predicted molar refractivity (Wildman–Crippen MR) is 66.7 cm³/mol. The van der Waals surface area contributed by atoms with Gasteiger partial charge in [-0.1, -0.05) is 0 Å². The lowest BCUT2D eigenvalue weighted by atomic mass is 10.2. The number of aromatic nitrogens is 2. The van der Waals surface area contributed by atoms with E-state index < -0.39 is 17.5 Å². The van der Waals surface area contributed by atoms with Crippen molar-refractivity contribution in [3.8, 4) is 11.8 Å². The van der Waals surface area contributed by atoms with Crippen molar-refractivity contribution in [2.75, 3.05) is 17.6 Å². The van der Waals surface area contributed by atoms with E-state index in [-0.39, 0.29) is 22.9 Å². The number of hydrogen-bond acceptors (Lipinski definition) is 4. The van der Waals surface area contributed by atoms with E-state index in [1.807, 2.05) is 6.07 Å². The molecule has 0 spiro atoms.